The number of unbranched alkanes of at least 4 members (excludes halogenated alkanes) is 1. The summed E-state index contributed by atoms with van der Waals surface area (Å²) >= 11 is 0. The lowest BCUT2D eigenvalue weighted by molar-refractivity contribution is 0.344. The number of nitrogens with one attached hydrogen (secondary N) is 1. The van der Waals surface area contributed by atoms with Crippen LogP contribution in [0.25, 0.3) is 0 Å². The van der Waals surface area contributed by atoms with Gasteiger partial charge in [0.25, 0.3) is 0 Å². The molecular weight excluding hydrogens is 178 g/mol. The largest absolute Gasteiger partial charge is 0.421 e. The second-order valence-corrected chi connectivity index (χ2v) is 6.04. The van der Waals surface area contributed by atoms with E-state index in [1.54, 1.807) is 0 Å². The minimum atomic E-state index is -0.801. The maximum Gasteiger partial charge on any atom is 0.173 e. The van der Waals surface area contributed by atoms with Crippen molar-refractivity contribution in [3.8, 4) is 0 Å². The van der Waals surface area contributed by atoms with Crippen molar-refractivity contribution in [2.75, 3.05) is 19.7 Å². The van der Waals surface area contributed by atoms with E-state index in [2.05, 4.69) is 25.7 Å². The van der Waals surface area contributed by atoms with Crippen molar-refractivity contribution in [1.29, 1.82) is 0 Å². The molecule has 0 aromatic heterocycles. The first-order valence-corrected chi connectivity index (χ1v) is 8.07. The molecule has 80 valence electrons. The Balaban J connectivity index is 2.97. The van der Waals surface area contributed by atoms with E-state index in [4.69, 9.17) is 4.43 Å². The Morgan fingerprint density at radius 3 is 2.46 bits per heavy atom. The molecule has 1 atom stereocenters. The summed E-state index contributed by atoms with van der Waals surface area (Å²) in [7, 11) is -0.801. The minimum absolute atomic E-state index is 0.801. The van der Waals surface area contributed by atoms with E-state index in [9.17, 15) is 0 Å². The summed E-state index contributed by atoms with van der Waals surface area (Å²) in [6, 6.07) is 1.31. The van der Waals surface area contributed by atoms with E-state index in [1.807, 2.05) is 0 Å². The van der Waals surface area contributed by atoms with Crippen LogP contribution in [0.5, 0.6) is 0 Å². The Labute approximate surface area is 84.8 Å². The molecule has 0 aromatic carbocycles. The van der Waals surface area contributed by atoms with Crippen LogP contribution in [-0.4, -0.2) is 28.7 Å². The smallest absolute Gasteiger partial charge is 0.173 e. The molecule has 0 aliphatic rings. The van der Waals surface area contributed by atoms with Gasteiger partial charge in [-0.3, -0.25) is 0 Å². The van der Waals surface area contributed by atoms with Gasteiger partial charge in [0.2, 0.25) is 0 Å². The monoisotopic (exact) mass is 203 g/mol. The Kier molecular flexibility index (Phi) is 10.3. The van der Waals surface area contributed by atoms with Crippen molar-refractivity contribution < 1.29 is 4.43 Å². The molecule has 3 heteroatoms. The molecule has 0 radical (unpaired) electrons. The molecule has 0 spiro atoms. The first-order chi connectivity index (χ1) is 6.31. The topological polar surface area (TPSA) is 21.3 Å². The Morgan fingerprint density at radius 1 is 1.15 bits per heavy atom. The number of hydrogen-bond donors (Lipinski definition) is 1. The maximum atomic E-state index is 5.58. The van der Waals surface area contributed by atoms with Crippen molar-refractivity contribution in [2.24, 2.45) is 0 Å². The SMILES string of the molecule is CCCCNCCC[SiH](C)OCC. The van der Waals surface area contributed by atoms with Gasteiger partial charge in [-0.2, -0.15) is 0 Å². The summed E-state index contributed by atoms with van der Waals surface area (Å²) in [6.45, 7) is 9.85. The molecule has 0 rings (SSSR count). The molecule has 1 unspecified atom stereocenters. The Hall–Kier alpha value is 0.137. The molecule has 0 heterocycles. The average Bonchev–Trinajstić information content (AvgIpc) is 2.11. The van der Waals surface area contributed by atoms with Crippen LogP contribution in [-0.2, 0) is 4.43 Å². The molecule has 0 aliphatic heterocycles. The lowest BCUT2D eigenvalue weighted by Gasteiger charge is -2.09. The van der Waals surface area contributed by atoms with Gasteiger partial charge in [-0.05, 0) is 45.4 Å². The van der Waals surface area contributed by atoms with Gasteiger partial charge in [-0.1, -0.05) is 13.3 Å². The zero-order chi connectivity index (χ0) is 9.94. The highest BCUT2D eigenvalue weighted by Gasteiger charge is 2.01. The number of rotatable bonds is 9. The molecule has 0 amide bonds. The van der Waals surface area contributed by atoms with Crippen LogP contribution < -0.4 is 5.32 Å². The highest BCUT2D eigenvalue weighted by molar-refractivity contribution is 6.50. The van der Waals surface area contributed by atoms with Crippen LogP contribution in [0.2, 0.25) is 12.6 Å². The van der Waals surface area contributed by atoms with Gasteiger partial charge < -0.3 is 9.74 Å². The van der Waals surface area contributed by atoms with E-state index in [0.717, 1.165) is 6.61 Å². The summed E-state index contributed by atoms with van der Waals surface area (Å²) in [5, 5.41) is 3.45. The van der Waals surface area contributed by atoms with Gasteiger partial charge in [0.1, 0.15) is 0 Å². The summed E-state index contributed by atoms with van der Waals surface area (Å²) < 4.78 is 5.58. The van der Waals surface area contributed by atoms with E-state index in [0.29, 0.717) is 0 Å². The second kappa shape index (κ2) is 10.2. The fraction of sp³-hybridized carbons (Fsp3) is 1.00. The maximum absolute atomic E-state index is 5.58. The van der Waals surface area contributed by atoms with Crippen LogP contribution in [0.3, 0.4) is 0 Å². The summed E-state index contributed by atoms with van der Waals surface area (Å²) in [4.78, 5) is 0. The molecule has 0 saturated carbocycles. The average molecular weight is 203 g/mol. The summed E-state index contributed by atoms with van der Waals surface area (Å²) in [5.74, 6) is 0. The third kappa shape index (κ3) is 10.1. The minimum Gasteiger partial charge on any atom is -0.421 e. The fourth-order valence-corrected chi connectivity index (χ4v) is 2.82. The second-order valence-electron chi connectivity index (χ2n) is 3.51. The highest BCUT2D eigenvalue weighted by atomic mass is 28.3. The molecule has 2 nitrogen and oxygen atoms in total. The molecule has 0 fully saturated rings. The Bertz CT molecular complexity index is 101. The van der Waals surface area contributed by atoms with Gasteiger partial charge in [0, 0.05) is 6.61 Å². The molecule has 0 aliphatic carbocycles. The van der Waals surface area contributed by atoms with E-state index in [-0.39, 0.29) is 0 Å². The molecule has 0 saturated heterocycles. The van der Waals surface area contributed by atoms with E-state index in [1.165, 1.54) is 38.4 Å². The third-order valence-electron chi connectivity index (χ3n) is 2.12. The van der Waals surface area contributed by atoms with Gasteiger partial charge in [-0.25, -0.2) is 0 Å². The van der Waals surface area contributed by atoms with Crippen molar-refractivity contribution in [3.05, 3.63) is 0 Å². The normalized spacial score (nSPS) is 13.2. The predicted molar refractivity (Wildman–Crippen MR) is 61.8 cm³/mol. The molecule has 0 aromatic rings. The first kappa shape index (κ1) is 13.1. The van der Waals surface area contributed by atoms with Gasteiger partial charge >= 0.3 is 0 Å². The Morgan fingerprint density at radius 2 is 1.85 bits per heavy atom. The van der Waals surface area contributed by atoms with Crippen LogP contribution in [0, 0.1) is 0 Å². The molecule has 1 N–H and O–H groups in total. The summed E-state index contributed by atoms with van der Waals surface area (Å²) in [6.07, 6.45) is 3.88. The van der Waals surface area contributed by atoms with Crippen molar-refractivity contribution in [1.82, 2.24) is 5.32 Å². The molecule has 0 bridgehead atoms. The number of hydrogen-bond acceptors (Lipinski definition) is 2. The van der Waals surface area contributed by atoms with Gasteiger partial charge in [-0.15, -0.1) is 0 Å². The van der Waals surface area contributed by atoms with Crippen LogP contribution >= 0.6 is 0 Å². The van der Waals surface area contributed by atoms with Crippen molar-refractivity contribution in [2.45, 2.75) is 45.7 Å². The highest BCUT2D eigenvalue weighted by Crippen LogP contribution is 1.98. The zero-order valence-electron chi connectivity index (χ0n) is 9.44. The molecular formula is C10H25NOSi. The molecule has 13 heavy (non-hydrogen) atoms. The fourth-order valence-electron chi connectivity index (χ4n) is 1.31. The standard InChI is InChI=1S/C10H25NOSi/c1-4-6-8-11-9-7-10-13(3)12-5-2/h11,13H,4-10H2,1-3H3. The van der Waals surface area contributed by atoms with E-state index >= 15 is 0 Å². The van der Waals surface area contributed by atoms with E-state index < -0.39 is 9.04 Å². The van der Waals surface area contributed by atoms with Crippen LogP contribution in [0.4, 0.5) is 0 Å². The third-order valence-corrected chi connectivity index (χ3v) is 4.25. The van der Waals surface area contributed by atoms with Gasteiger partial charge in [0.05, 0.1) is 0 Å². The first-order valence-electron chi connectivity index (χ1n) is 5.63. The predicted octanol–water partition coefficient (Wildman–Crippen LogP) is 2.16. The van der Waals surface area contributed by atoms with Crippen molar-refractivity contribution in [3.63, 3.8) is 0 Å². The van der Waals surface area contributed by atoms with Crippen molar-refractivity contribution >= 4 is 9.04 Å². The summed E-state index contributed by atoms with van der Waals surface area (Å²) in [5.41, 5.74) is 0. The lowest BCUT2D eigenvalue weighted by Crippen LogP contribution is -2.19. The zero-order valence-corrected chi connectivity index (χ0v) is 10.6. The lowest BCUT2D eigenvalue weighted by atomic mass is 10.3. The van der Waals surface area contributed by atoms with Crippen LogP contribution in [0.1, 0.15) is 33.1 Å². The van der Waals surface area contributed by atoms with Gasteiger partial charge in [0.15, 0.2) is 9.04 Å². The quantitative estimate of drug-likeness (QED) is 0.458. The van der Waals surface area contributed by atoms with Crippen LogP contribution in [0.15, 0.2) is 0 Å².